The molecule has 0 unspecified atom stereocenters. The summed E-state index contributed by atoms with van der Waals surface area (Å²) in [5.74, 6) is -2.27. The number of nitrogens with one attached hydrogen (secondary N) is 1. The minimum atomic E-state index is -1.02. The van der Waals surface area contributed by atoms with Crippen molar-refractivity contribution in [1.82, 2.24) is 9.55 Å². The van der Waals surface area contributed by atoms with Gasteiger partial charge in [-0.05, 0) is 37.6 Å². The van der Waals surface area contributed by atoms with Gasteiger partial charge in [0.15, 0.2) is 0 Å². The van der Waals surface area contributed by atoms with Gasteiger partial charge >= 0.3 is 11.7 Å². The highest BCUT2D eigenvalue weighted by atomic mass is 32.1. The lowest BCUT2D eigenvalue weighted by Gasteiger charge is -2.22. The van der Waals surface area contributed by atoms with Gasteiger partial charge < -0.3 is 19.9 Å². The van der Waals surface area contributed by atoms with Gasteiger partial charge in [-0.15, -0.1) is 11.3 Å². The number of hydrogen-bond donors (Lipinski definition) is 2. The molecule has 0 saturated carbocycles. The molecule has 3 N–H and O–H groups in total. The largest absolute Gasteiger partial charge is 0.492 e. The van der Waals surface area contributed by atoms with Crippen molar-refractivity contribution in [2.45, 2.75) is 39.8 Å². The van der Waals surface area contributed by atoms with Crippen LogP contribution in [-0.4, -0.2) is 41.2 Å². The fourth-order valence-electron chi connectivity index (χ4n) is 3.68. The van der Waals surface area contributed by atoms with Crippen LogP contribution in [0.5, 0.6) is 5.75 Å². The molecule has 202 valence electrons. The van der Waals surface area contributed by atoms with Crippen molar-refractivity contribution in [3.8, 4) is 11.8 Å². The summed E-state index contributed by atoms with van der Waals surface area (Å²) in [6.07, 6.45) is -1.000. The average molecular weight is 547 g/mol. The molecular formula is C25H27FN4O7S. The second kappa shape index (κ2) is 12.5. The number of hydrogen-bond acceptors (Lipinski definition) is 9. The third-order valence-corrected chi connectivity index (χ3v) is 7.00. The van der Waals surface area contributed by atoms with E-state index in [4.69, 9.17) is 25.2 Å². The van der Waals surface area contributed by atoms with Crippen molar-refractivity contribution in [3.05, 3.63) is 60.9 Å². The van der Waals surface area contributed by atoms with Crippen LogP contribution in [0.4, 0.5) is 4.39 Å². The summed E-state index contributed by atoms with van der Waals surface area (Å²) in [5.41, 5.74) is 4.44. The first-order chi connectivity index (χ1) is 18.1. The second-order valence-electron chi connectivity index (χ2n) is 8.39. The van der Waals surface area contributed by atoms with Gasteiger partial charge in [0.05, 0.1) is 50.2 Å². The van der Waals surface area contributed by atoms with Gasteiger partial charge in [-0.3, -0.25) is 19.1 Å². The number of thiophene rings is 1. The number of amides is 1. The first kappa shape index (κ1) is 28.5. The number of rotatable bonds is 12. The van der Waals surface area contributed by atoms with Gasteiger partial charge in [-0.1, -0.05) is 6.92 Å². The zero-order valence-electron chi connectivity index (χ0n) is 21.0. The maximum Gasteiger partial charge on any atom is 0.348 e. The number of nitrogens with zero attached hydrogens (tertiary/aromatic N) is 2. The summed E-state index contributed by atoms with van der Waals surface area (Å²) in [5, 5.41) is 9.12. The number of aromatic nitrogens is 2. The number of aryl methyl sites for hydroxylation is 1. The van der Waals surface area contributed by atoms with Gasteiger partial charge in [-0.2, -0.15) is 5.26 Å². The number of halogens is 1. The molecule has 0 spiro atoms. The number of fused-ring (bicyclic) bond motifs is 1. The summed E-state index contributed by atoms with van der Waals surface area (Å²) in [7, 11) is 0. The monoisotopic (exact) mass is 546 g/mol. The van der Waals surface area contributed by atoms with Crippen LogP contribution < -0.4 is 21.7 Å². The predicted octanol–water partition coefficient (Wildman–Crippen LogP) is 2.55. The lowest BCUT2D eigenvalue weighted by atomic mass is 10.1. The molecule has 1 aromatic carbocycles. The third kappa shape index (κ3) is 6.27. The van der Waals surface area contributed by atoms with E-state index in [1.54, 1.807) is 20.8 Å². The summed E-state index contributed by atoms with van der Waals surface area (Å²) in [6, 6.07) is 5.64. The smallest absolute Gasteiger partial charge is 0.348 e. The molecule has 0 aliphatic carbocycles. The molecule has 2 heterocycles. The number of carbonyl (C=O) groups excluding carboxylic acids is 2. The van der Waals surface area contributed by atoms with Crippen molar-refractivity contribution in [1.29, 1.82) is 5.26 Å². The lowest BCUT2D eigenvalue weighted by molar-refractivity contribution is -0.122. The van der Waals surface area contributed by atoms with E-state index in [9.17, 15) is 23.6 Å². The highest BCUT2D eigenvalue weighted by Gasteiger charge is 2.26. The molecule has 3 aromatic rings. The van der Waals surface area contributed by atoms with E-state index in [0.29, 0.717) is 5.56 Å². The van der Waals surface area contributed by atoms with E-state index in [2.05, 4.69) is 4.98 Å². The van der Waals surface area contributed by atoms with E-state index in [1.165, 1.54) is 22.8 Å². The molecule has 2 atom stereocenters. The number of aromatic amines is 1. The van der Waals surface area contributed by atoms with E-state index >= 15 is 0 Å². The quantitative estimate of drug-likeness (QED) is 0.258. The Morgan fingerprint density at radius 3 is 2.71 bits per heavy atom. The van der Waals surface area contributed by atoms with Gasteiger partial charge in [-0.25, -0.2) is 14.0 Å². The number of benzene rings is 1. The topological polar surface area (TPSA) is 166 Å². The molecule has 38 heavy (non-hydrogen) atoms. The Labute approximate surface area is 220 Å². The second-order valence-corrected chi connectivity index (χ2v) is 9.39. The Hall–Kier alpha value is -4.02. The van der Waals surface area contributed by atoms with Crippen LogP contribution >= 0.6 is 11.3 Å². The summed E-state index contributed by atoms with van der Waals surface area (Å²) in [6.45, 7) is 4.57. The molecule has 0 radical (unpaired) electrons. The van der Waals surface area contributed by atoms with Crippen LogP contribution in [0, 0.1) is 30.0 Å². The van der Waals surface area contributed by atoms with Crippen LogP contribution in [0.1, 0.15) is 47.2 Å². The minimum absolute atomic E-state index is 0.0156. The zero-order chi connectivity index (χ0) is 28.0. The molecule has 13 heteroatoms. The van der Waals surface area contributed by atoms with Crippen molar-refractivity contribution in [3.63, 3.8) is 0 Å². The average Bonchev–Trinajstić information content (AvgIpc) is 3.22. The zero-order valence-corrected chi connectivity index (χ0v) is 21.9. The number of primary amides is 1. The Morgan fingerprint density at radius 2 is 2.05 bits per heavy atom. The fourth-order valence-corrected chi connectivity index (χ4v) is 4.89. The third-order valence-electron chi connectivity index (χ3n) is 5.70. The van der Waals surface area contributed by atoms with Crippen molar-refractivity contribution in [2.24, 2.45) is 11.7 Å². The Morgan fingerprint density at radius 1 is 1.32 bits per heavy atom. The molecule has 3 rings (SSSR count). The minimum Gasteiger partial charge on any atom is -0.492 e. The van der Waals surface area contributed by atoms with E-state index in [0.717, 1.165) is 11.3 Å². The summed E-state index contributed by atoms with van der Waals surface area (Å²) >= 11 is 0.921. The molecule has 1 amide bonds. The van der Waals surface area contributed by atoms with Crippen LogP contribution in [0.15, 0.2) is 27.8 Å². The standard InChI is InChI=1S/C25H27FN4O7S/c1-4-35-24(33)20-14(3)19-22(32)29-25(34)30(23(19)38-20)11-18(36-9-5-8-27)16-10-15(26)6-7-17(16)37-12-13(2)21(28)31/h6-7,10,13,18H,4-5,9,11-12H2,1-3H3,(H2,28,31)(H,29,32,34)/t13-,18+/m1/s1. The number of nitriles is 1. The Kier molecular flexibility index (Phi) is 9.38. The van der Waals surface area contributed by atoms with Crippen LogP contribution in [0.2, 0.25) is 0 Å². The van der Waals surface area contributed by atoms with Gasteiger partial charge in [0.1, 0.15) is 27.4 Å². The molecule has 0 saturated heterocycles. The van der Waals surface area contributed by atoms with Crippen LogP contribution in [-0.2, 0) is 20.8 Å². The van der Waals surface area contributed by atoms with Crippen molar-refractivity contribution >= 4 is 33.4 Å². The molecule has 11 nitrogen and oxygen atoms in total. The van der Waals surface area contributed by atoms with Gasteiger partial charge in [0.2, 0.25) is 5.91 Å². The predicted molar refractivity (Wildman–Crippen MR) is 137 cm³/mol. The number of H-pyrrole nitrogens is 1. The Bertz CT molecular complexity index is 1500. The molecule has 0 aliphatic rings. The maximum atomic E-state index is 14.4. The summed E-state index contributed by atoms with van der Waals surface area (Å²) in [4.78, 5) is 52.1. The SMILES string of the molecule is CCOC(=O)c1sc2c(c1C)c(=O)[nH]c(=O)n2C[C@H](OCCC#N)c1cc(F)ccc1OC[C@@H](C)C(N)=O. The number of nitrogens with two attached hydrogens (primary N) is 1. The highest BCUT2D eigenvalue weighted by Crippen LogP contribution is 2.33. The maximum absolute atomic E-state index is 14.4. The molecule has 0 aliphatic heterocycles. The highest BCUT2D eigenvalue weighted by molar-refractivity contribution is 7.20. The Balaban J connectivity index is 2.12. The van der Waals surface area contributed by atoms with E-state index < -0.39 is 41.0 Å². The van der Waals surface area contributed by atoms with Crippen LogP contribution in [0.3, 0.4) is 0 Å². The number of ether oxygens (including phenoxy) is 3. The van der Waals surface area contributed by atoms with Crippen LogP contribution in [0.25, 0.3) is 10.2 Å². The summed E-state index contributed by atoms with van der Waals surface area (Å²) < 4.78 is 32.3. The fraction of sp³-hybridized carbons (Fsp3) is 0.400. The molecule has 0 fully saturated rings. The normalized spacial score (nSPS) is 12.6. The molecule has 0 bridgehead atoms. The lowest BCUT2D eigenvalue weighted by Crippen LogP contribution is -2.32. The molecule has 2 aromatic heterocycles. The van der Waals surface area contributed by atoms with Crippen molar-refractivity contribution in [2.75, 3.05) is 19.8 Å². The first-order valence-corrected chi connectivity index (χ1v) is 12.5. The van der Waals surface area contributed by atoms with Gasteiger partial charge in [0.25, 0.3) is 5.56 Å². The van der Waals surface area contributed by atoms with Crippen molar-refractivity contribution < 1.29 is 28.2 Å². The van der Waals surface area contributed by atoms with E-state index in [1.807, 2.05) is 6.07 Å². The first-order valence-electron chi connectivity index (χ1n) is 11.7. The molecular weight excluding hydrogens is 519 g/mol. The van der Waals surface area contributed by atoms with Gasteiger partial charge in [0, 0.05) is 5.56 Å². The number of esters is 1. The van der Waals surface area contributed by atoms with E-state index in [-0.39, 0.29) is 59.2 Å². The number of carbonyl (C=O) groups is 2.